The van der Waals surface area contributed by atoms with Crippen molar-refractivity contribution >= 4 is 10.8 Å². The van der Waals surface area contributed by atoms with Crippen molar-refractivity contribution in [1.82, 2.24) is 0 Å². The molecule has 0 amide bonds. The largest absolute Gasteiger partial charge is 0.255 e. The molecule has 0 aromatic heterocycles. The van der Waals surface area contributed by atoms with Gasteiger partial charge in [-0.05, 0) is 25.8 Å². The van der Waals surface area contributed by atoms with Crippen LogP contribution in [0.4, 0.5) is 0 Å². The van der Waals surface area contributed by atoms with E-state index in [4.69, 9.17) is 0 Å². The van der Waals surface area contributed by atoms with Crippen molar-refractivity contribution in [2.75, 3.05) is 6.26 Å². The Labute approximate surface area is 78.0 Å². The first-order chi connectivity index (χ1) is 5.70. The maximum atomic E-state index is 10.9. The van der Waals surface area contributed by atoms with Crippen LogP contribution in [0.2, 0.25) is 0 Å². The van der Waals surface area contributed by atoms with Crippen LogP contribution >= 0.6 is 0 Å². The van der Waals surface area contributed by atoms with Crippen molar-refractivity contribution in [1.29, 1.82) is 0 Å². The fourth-order valence-electron chi connectivity index (χ4n) is 1.02. The van der Waals surface area contributed by atoms with Gasteiger partial charge in [-0.2, -0.15) is 0 Å². The Hall–Kier alpha value is -0.370. The van der Waals surface area contributed by atoms with E-state index in [1.165, 1.54) is 5.57 Å². The average molecular weight is 186 g/mol. The van der Waals surface area contributed by atoms with Gasteiger partial charge in [-0.1, -0.05) is 25.5 Å². The molecule has 2 heteroatoms. The second-order valence-electron chi connectivity index (χ2n) is 2.59. The van der Waals surface area contributed by atoms with E-state index in [2.05, 4.69) is 13.0 Å². The van der Waals surface area contributed by atoms with Gasteiger partial charge in [0.15, 0.2) is 0 Å². The summed E-state index contributed by atoms with van der Waals surface area (Å²) in [6, 6.07) is 0. The van der Waals surface area contributed by atoms with Gasteiger partial charge in [0.05, 0.1) is 0 Å². The molecule has 1 unspecified atom stereocenters. The van der Waals surface area contributed by atoms with Crippen LogP contribution in [0.5, 0.6) is 0 Å². The fourth-order valence-corrected chi connectivity index (χ4v) is 1.74. The summed E-state index contributed by atoms with van der Waals surface area (Å²) in [5.74, 6) is 0. The fraction of sp³-hybridized carbons (Fsp3) is 0.600. The zero-order valence-corrected chi connectivity index (χ0v) is 9.20. The summed E-state index contributed by atoms with van der Waals surface area (Å²) in [6.45, 7) is 6.08. The molecule has 0 spiro atoms. The van der Waals surface area contributed by atoms with Gasteiger partial charge in [0, 0.05) is 22.0 Å². The van der Waals surface area contributed by atoms with Gasteiger partial charge in [-0.25, -0.2) is 0 Å². The van der Waals surface area contributed by atoms with E-state index in [9.17, 15) is 4.21 Å². The Morgan fingerprint density at radius 3 is 2.33 bits per heavy atom. The minimum atomic E-state index is -0.788. The first kappa shape index (κ1) is 11.6. The molecule has 70 valence electrons. The van der Waals surface area contributed by atoms with Crippen LogP contribution in [0.1, 0.15) is 33.6 Å². The molecule has 0 aromatic carbocycles. The van der Waals surface area contributed by atoms with Crippen LogP contribution in [-0.2, 0) is 10.8 Å². The highest BCUT2D eigenvalue weighted by molar-refractivity contribution is 7.88. The molecule has 0 N–H and O–H groups in total. The third kappa shape index (κ3) is 3.86. The third-order valence-electron chi connectivity index (χ3n) is 1.60. The Balaban J connectivity index is 0.000000561. The molecule has 0 saturated carbocycles. The van der Waals surface area contributed by atoms with E-state index in [1.807, 2.05) is 19.9 Å². The van der Waals surface area contributed by atoms with Crippen LogP contribution in [0.15, 0.2) is 22.6 Å². The number of hydrogen-bond donors (Lipinski definition) is 0. The van der Waals surface area contributed by atoms with Gasteiger partial charge in [-0.15, -0.1) is 0 Å². The predicted octanol–water partition coefficient (Wildman–Crippen LogP) is 3.02. The minimum absolute atomic E-state index is 0.788. The lowest BCUT2D eigenvalue weighted by Gasteiger charge is -2.07. The Morgan fingerprint density at radius 1 is 1.42 bits per heavy atom. The topological polar surface area (TPSA) is 17.1 Å². The van der Waals surface area contributed by atoms with Gasteiger partial charge in [0.2, 0.25) is 0 Å². The predicted molar refractivity (Wildman–Crippen MR) is 56.5 cm³/mol. The summed E-state index contributed by atoms with van der Waals surface area (Å²) in [5.41, 5.74) is 1.34. The smallest absolute Gasteiger partial charge is 0.0494 e. The maximum Gasteiger partial charge on any atom is 0.0494 e. The van der Waals surface area contributed by atoms with Gasteiger partial charge in [0.1, 0.15) is 0 Å². The highest BCUT2D eigenvalue weighted by Gasteiger charge is 2.03. The highest BCUT2D eigenvalue weighted by Crippen LogP contribution is 2.17. The van der Waals surface area contributed by atoms with Crippen LogP contribution in [0.3, 0.4) is 0 Å². The first-order valence-corrected chi connectivity index (χ1v) is 5.96. The van der Waals surface area contributed by atoms with Crippen molar-refractivity contribution in [3.05, 3.63) is 22.6 Å². The molecule has 1 rings (SSSR count). The zero-order chi connectivity index (χ0) is 9.56. The van der Waals surface area contributed by atoms with Gasteiger partial charge >= 0.3 is 0 Å². The third-order valence-corrected chi connectivity index (χ3v) is 2.55. The summed E-state index contributed by atoms with van der Waals surface area (Å²) in [5, 5.41) is 0. The highest BCUT2D eigenvalue weighted by atomic mass is 32.2. The summed E-state index contributed by atoms with van der Waals surface area (Å²) in [4.78, 5) is 0.990. The van der Waals surface area contributed by atoms with Crippen LogP contribution in [-0.4, -0.2) is 10.5 Å². The SMILES string of the molecule is CC.CC1=CC(S(C)=O)=CCC1. The molecule has 0 aromatic rings. The Morgan fingerprint density at radius 2 is 2.00 bits per heavy atom. The van der Waals surface area contributed by atoms with E-state index in [0.29, 0.717) is 0 Å². The van der Waals surface area contributed by atoms with Gasteiger partial charge in [-0.3, -0.25) is 4.21 Å². The molecule has 0 fully saturated rings. The quantitative estimate of drug-likeness (QED) is 0.615. The van der Waals surface area contributed by atoms with Crippen molar-refractivity contribution in [2.45, 2.75) is 33.6 Å². The average Bonchev–Trinajstić information content (AvgIpc) is 2.08. The van der Waals surface area contributed by atoms with E-state index in [1.54, 1.807) is 6.26 Å². The number of rotatable bonds is 1. The molecule has 1 aliphatic carbocycles. The van der Waals surface area contributed by atoms with E-state index in [-0.39, 0.29) is 0 Å². The zero-order valence-electron chi connectivity index (χ0n) is 8.39. The van der Waals surface area contributed by atoms with Crippen molar-refractivity contribution in [2.24, 2.45) is 0 Å². The lowest BCUT2D eigenvalue weighted by molar-refractivity contribution is 0.690. The molecular weight excluding hydrogens is 168 g/mol. The van der Waals surface area contributed by atoms with Gasteiger partial charge in [0.25, 0.3) is 0 Å². The second-order valence-corrected chi connectivity index (χ2v) is 3.97. The van der Waals surface area contributed by atoms with Crippen LogP contribution in [0, 0.1) is 0 Å². The normalized spacial score (nSPS) is 18.3. The number of allylic oxidation sites excluding steroid dienone is 3. The first-order valence-electron chi connectivity index (χ1n) is 4.41. The summed E-state index contributed by atoms with van der Waals surface area (Å²) in [7, 11) is -0.788. The molecule has 1 aliphatic rings. The Kier molecular flexibility index (Phi) is 5.99. The molecular formula is C10H18OS. The van der Waals surface area contributed by atoms with E-state index in [0.717, 1.165) is 17.7 Å². The summed E-state index contributed by atoms with van der Waals surface area (Å²) < 4.78 is 10.9. The van der Waals surface area contributed by atoms with Crippen molar-refractivity contribution < 1.29 is 4.21 Å². The molecule has 0 aliphatic heterocycles. The number of hydrogen-bond acceptors (Lipinski definition) is 1. The lowest BCUT2D eigenvalue weighted by Crippen LogP contribution is -1.94. The Bertz CT molecular complexity index is 214. The second kappa shape index (κ2) is 6.18. The van der Waals surface area contributed by atoms with Crippen LogP contribution in [0.25, 0.3) is 0 Å². The summed E-state index contributed by atoms with van der Waals surface area (Å²) in [6.07, 6.45) is 7.99. The van der Waals surface area contributed by atoms with Gasteiger partial charge < -0.3 is 0 Å². The maximum absolute atomic E-state index is 10.9. The standard InChI is InChI=1S/C8H12OS.C2H6/c1-7-4-3-5-8(6-7)10(2)9;1-2/h5-6H,3-4H2,1-2H3;1-2H3. The van der Waals surface area contributed by atoms with Crippen molar-refractivity contribution in [3.8, 4) is 0 Å². The minimum Gasteiger partial charge on any atom is -0.255 e. The van der Waals surface area contributed by atoms with E-state index < -0.39 is 10.8 Å². The monoisotopic (exact) mass is 186 g/mol. The van der Waals surface area contributed by atoms with Crippen LogP contribution < -0.4 is 0 Å². The molecule has 0 saturated heterocycles. The van der Waals surface area contributed by atoms with E-state index >= 15 is 0 Å². The van der Waals surface area contributed by atoms with Crippen molar-refractivity contribution in [3.63, 3.8) is 0 Å². The molecule has 0 bridgehead atoms. The molecule has 1 nitrogen and oxygen atoms in total. The lowest BCUT2D eigenvalue weighted by atomic mass is 10.1. The molecule has 0 heterocycles. The summed E-state index contributed by atoms with van der Waals surface area (Å²) >= 11 is 0. The molecule has 12 heavy (non-hydrogen) atoms. The molecule has 0 radical (unpaired) electrons. The molecule has 1 atom stereocenters.